The summed E-state index contributed by atoms with van der Waals surface area (Å²) >= 11 is 0. The zero-order valence-electron chi connectivity index (χ0n) is 9.06. The monoisotopic (exact) mass is 192 g/mol. The van der Waals surface area contributed by atoms with Gasteiger partial charge >= 0.3 is 6.03 Å². The lowest BCUT2D eigenvalue weighted by Gasteiger charge is -2.14. The van der Waals surface area contributed by atoms with Crippen LogP contribution in [-0.4, -0.2) is 6.03 Å². The van der Waals surface area contributed by atoms with Crippen LogP contribution in [-0.2, 0) is 0 Å². The van der Waals surface area contributed by atoms with Crippen LogP contribution in [0.3, 0.4) is 0 Å². The van der Waals surface area contributed by atoms with E-state index < -0.39 is 6.03 Å². The Morgan fingerprint density at radius 1 is 1.14 bits per heavy atom. The molecule has 0 heterocycles. The number of hydrogen-bond donors (Lipinski definition) is 2. The molecule has 1 rings (SSSR count). The second-order valence-corrected chi connectivity index (χ2v) is 3.62. The Bertz CT molecular complexity index is 357. The molecule has 0 aliphatic carbocycles. The van der Waals surface area contributed by atoms with Crippen LogP contribution >= 0.6 is 0 Å². The van der Waals surface area contributed by atoms with Crippen LogP contribution in [0.15, 0.2) is 6.07 Å². The van der Waals surface area contributed by atoms with Crippen molar-refractivity contribution in [3.05, 3.63) is 28.3 Å². The molecule has 0 bridgehead atoms. The van der Waals surface area contributed by atoms with Crippen molar-refractivity contribution >= 4 is 11.7 Å². The first-order chi connectivity index (χ1) is 6.43. The first kappa shape index (κ1) is 10.6. The molecule has 0 saturated carbocycles. The zero-order chi connectivity index (χ0) is 10.9. The molecule has 3 N–H and O–H groups in total. The van der Waals surface area contributed by atoms with Crippen LogP contribution in [0.2, 0.25) is 0 Å². The van der Waals surface area contributed by atoms with E-state index in [-0.39, 0.29) is 0 Å². The number of carbonyl (C=O) groups excluding carboxylic acids is 1. The highest BCUT2D eigenvalue weighted by Crippen LogP contribution is 2.26. The first-order valence-electron chi connectivity index (χ1n) is 4.57. The highest BCUT2D eigenvalue weighted by Gasteiger charge is 2.09. The average molecular weight is 192 g/mol. The van der Waals surface area contributed by atoms with Gasteiger partial charge in [0.15, 0.2) is 0 Å². The summed E-state index contributed by atoms with van der Waals surface area (Å²) in [7, 11) is 0. The molecule has 3 nitrogen and oxygen atoms in total. The van der Waals surface area contributed by atoms with Gasteiger partial charge in [-0.2, -0.15) is 0 Å². The van der Waals surface area contributed by atoms with Crippen LogP contribution in [0.25, 0.3) is 0 Å². The number of urea groups is 1. The molecule has 14 heavy (non-hydrogen) atoms. The van der Waals surface area contributed by atoms with E-state index in [9.17, 15) is 4.79 Å². The third-order valence-electron chi connectivity index (χ3n) is 2.61. The molecule has 0 radical (unpaired) electrons. The van der Waals surface area contributed by atoms with Crippen molar-refractivity contribution in [2.45, 2.75) is 27.7 Å². The summed E-state index contributed by atoms with van der Waals surface area (Å²) in [6.45, 7) is 8.00. The van der Waals surface area contributed by atoms with Crippen molar-refractivity contribution in [1.29, 1.82) is 0 Å². The molecule has 0 aromatic heterocycles. The summed E-state index contributed by atoms with van der Waals surface area (Å²) in [6, 6.07) is 1.60. The van der Waals surface area contributed by atoms with Crippen LogP contribution in [0, 0.1) is 27.7 Å². The van der Waals surface area contributed by atoms with E-state index in [1.807, 2.05) is 27.7 Å². The predicted octanol–water partition coefficient (Wildman–Crippen LogP) is 2.41. The Morgan fingerprint density at radius 2 is 1.57 bits per heavy atom. The summed E-state index contributed by atoms with van der Waals surface area (Å²) in [6.07, 6.45) is 0. The van der Waals surface area contributed by atoms with Crippen molar-refractivity contribution in [3.8, 4) is 0 Å². The van der Waals surface area contributed by atoms with Gasteiger partial charge in [-0.3, -0.25) is 0 Å². The third-order valence-corrected chi connectivity index (χ3v) is 2.61. The Morgan fingerprint density at radius 3 is 1.93 bits per heavy atom. The first-order valence-corrected chi connectivity index (χ1v) is 4.57. The smallest absolute Gasteiger partial charge is 0.316 e. The van der Waals surface area contributed by atoms with Gasteiger partial charge in [0.05, 0.1) is 0 Å². The van der Waals surface area contributed by atoms with Gasteiger partial charge in [0.2, 0.25) is 0 Å². The molecule has 1 aromatic rings. The third kappa shape index (κ3) is 1.87. The fraction of sp³-hybridized carbons (Fsp3) is 0.364. The lowest BCUT2D eigenvalue weighted by atomic mass is 9.99. The van der Waals surface area contributed by atoms with Crippen LogP contribution in [0.4, 0.5) is 10.5 Å². The normalized spacial score (nSPS) is 10.0. The van der Waals surface area contributed by atoms with Crippen molar-refractivity contribution in [2.75, 3.05) is 5.32 Å². The second kappa shape index (κ2) is 3.70. The topological polar surface area (TPSA) is 55.1 Å². The molecule has 0 aliphatic heterocycles. The molecule has 3 heteroatoms. The largest absolute Gasteiger partial charge is 0.351 e. The van der Waals surface area contributed by atoms with Crippen LogP contribution in [0.5, 0.6) is 0 Å². The molecule has 2 amide bonds. The van der Waals surface area contributed by atoms with Crippen molar-refractivity contribution < 1.29 is 4.79 Å². The SMILES string of the molecule is Cc1cc(C)c(C)c(NC(N)=O)c1C. The van der Waals surface area contributed by atoms with E-state index >= 15 is 0 Å². The molecule has 0 atom stereocenters. The molecule has 0 unspecified atom stereocenters. The molecular formula is C11H16N2O. The van der Waals surface area contributed by atoms with E-state index in [0.29, 0.717) is 0 Å². The van der Waals surface area contributed by atoms with Crippen molar-refractivity contribution in [1.82, 2.24) is 0 Å². The molecule has 0 saturated heterocycles. The van der Waals surface area contributed by atoms with Gasteiger partial charge in [0.25, 0.3) is 0 Å². The average Bonchev–Trinajstić information content (AvgIpc) is 2.09. The number of rotatable bonds is 1. The summed E-state index contributed by atoms with van der Waals surface area (Å²) in [5.74, 6) is 0. The summed E-state index contributed by atoms with van der Waals surface area (Å²) in [5.41, 5.74) is 10.4. The van der Waals surface area contributed by atoms with E-state index in [0.717, 1.165) is 27.9 Å². The van der Waals surface area contributed by atoms with E-state index in [2.05, 4.69) is 11.4 Å². The van der Waals surface area contributed by atoms with Gasteiger partial charge in [-0.25, -0.2) is 4.79 Å². The molecular weight excluding hydrogens is 176 g/mol. The van der Waals surface area contributed by atoms with E-state index in [1.54, 1.807) is 0 Å². The number of aryl methyl sites for hydroxylation is 2. The Hall–Kier alpha value is -1.51. The maximum absolute atomic E-state index is 10.8. The quantitative estimate of drug-likeness (QED) is 0.705. The lowest BCUT2D eigenvalue weighted by Crippen LogP contribution is -2.21. The van der Waals surface area contributed by atoms with Crippen LogP contribution in [0.1, 0.15) is 22.3 Å². The Kier molecular flexibility index (Phi) is 2.79. The minimum atomic E-state index is -0.513. The highest BCUT2D eigenvalue weighted by molar-refractivity contribution is 5.90. The van der Waals surface area contributed by atoms with Crippen molar-refractivity contribution in [3.63, 3.8) is 0 Å². The molecule has 0 aliphatic rings. The molecule has 76 valence electrons. The summed E-state index contributed by atoms with van der Waals surface area (Å²) in [5, 5.41) is 2.66. The number of amides is 2. The number of hydrogen-bond acceptors (Lipinski definition) is 1. The number of nitrogens with one attached hydrogen (secondary N) is 1. The molecule has 0 fully saturated rings. The number of anilines is 1. The second-order valence-electron chi connectivity index (χ2n) is 3.62. The van der Waals surface area contributed by atoms with E-state index in [1.165, 1.54) is 0 Å². The van der Waals surface area contributed by atoms with Gasteiger partial charge < -0.3 is 11.1 Å². The predicted molar refractivity (Wildman–Crippen MR) is 58.6 cm³/mol. The van der Waals surface area contributed by atoms with Gasteiger partial charge in [-0.1, -0.05) is 6.07 Å². The Balaban J connectivity index is 3.31. The minimum absolute atomic E-state index is 0.513. The maximum atomic E-state index is 10.8. The number of benzene rings is 1. The number of carbonyl (C=O) groups is 1. The number of nitrogens with two attached hydrogens (primary N) is 1. The maximum Gasteiger partial charge on any atom is 0.316 e. The Labute approximate surface area is 84.3 Å². The van der Waals surface area contributed by atoms with Gasteiger partial charge in [-0.05, 0) is 49.9 Å². The molecule has 1 aromatic carbocycles. The van der Waals surface area contributed by atoms with Gasteiger partial charge in [0, 0.05) is 5.69 Å². The summed E-state index contributed by atoms with van der Waals surface area (Å²) < 4.78 is 0. The van der Waals surface area contributed by atoms with Crippen LogP contribution < -0.4 is 11.1 Å². The van der Waals surface area contributed by atoms with Gasteiger partial charge in [0.1, 0.15) is 0 Å². The fourth-order valence-electron chi connectivity index (χ4n) is 1.53. The zero-order valence-corrected chi connectivity index (χ0v) is 9.06. The highest BCUT2D eigenvalue weighted by atomic mass is 16.2. The number of primary amides is 1. The summed E-state index contributed by atoms with van der Waals surface area (Å²) in [4.78, 5) is 10.8. The van der Waals surface area contributed by atoms with Gasteiger partial charge in [-0.15, -0.1) is 0 Å². The lowest BCUT2D eigenvalue weighted by molar-refractivity contribution is 0.259. The van der Waals surface area contributed by atoms with Crippen molar-refractivity contribution in [2.24, 2.45) is 5.73 Å². The minimum Gasteiger partial charge on any atom is -0.351 e. The fourth-order valence-corrected chi connectivity index (χ4v) is 1.53. The standard InChI is InChI=1S/C11H16N2O/c1-6-5-7(2)9(4)10(8(6)3)13-11(12)14/h5H,1-4H3,(H3,12,13,14). The van der Waals surface area contributed by atoms with E-state index in [4.69, 9.17) is 5.73 Å². The molecule has 0 spiro atoms.